The Hall–Kier alpha value is -1.63. The molecule has 0 aliphatic carbocycles. The summed E-state index contributed by atoms with van der Waals surface area (Å²) in [5, 5.41) is 0. The summed E-state index contributed by atoms with van der Waals surface area (Å²) in [7, 11) is -3.85. The van der Waals surface area contributed by atoms with Gasteiger partial charge < -0.3 is 10.6 Å². The van der Waals surface area contributed by atoms with E-state index in [9.17, 15) is 17.6 Å². The third-order valence-corrected chi connectivity index (χ3v) is 5.25. The highest BCUT2D eigenvalue weighted by Crippen LogP contribution is 2.21. The van der Waals surface area contributed by atoms with E-state index in [1.165, 1.54) is 0 Å². The van der Waals surface area contributed by atoms with Crippen LogP contribution in [0.25, 0.3) is 0 Å². The van der Waals surface area contributed by atoms with Crippen LogP contribution in [0.1, 0.15) is 25.7 Å². The zero-order chi connectivity index (χ0) is 15.5. The maximum absolute atomic E-state index is 13.0. The van der Waals surface area contributed by atoms with Gasteiger partial charge in [0.15, 0.2) is 9.84 Å². The van der Waals surface area contributed by atoms with Gasteiger partial charge in [0.25, 0.3) is 0 Å². The van der Waals surface area contributed by atoms with Crippen LogP contribution >= 0.6 is 0 Å². The van der Waals surface area contributed by atoms with Gasteiger partial charge in [-0.05, 0) is 31.0 Å². The molecule has 21 heavy (non-hydrogen) atoms. The van der Waals surface area contributed by atoms with Crippen molar-refractivity contribution in [2.45, 2.75) is 30.6 Å². The molecule has 2 N–H and O–H groups in total. The van der Waals surface area contributed by atoms with Gasteiger partial charge in [0, 0.05) is 13.1 Å². The zero-order valence-corrected chi connectivity index (χ0v) is 12.5. The Morgan fingerprint density at radius 1 is 1.19 bits per heavy atom. The Morgan fingerprint density at radius 3 is 2.38 bits per heavy atom. The molecule has 1 aromatic rings. The second-order valence-electron chi connectivity index (χ2n) is 5.24. The molecule has 5 nitrogen and oxygen atoms in total. The van der Waals surface area contributed by atoms with E-state index in [-0.39, 0.29) is 10.6 Å². The minimum absolute atomic E-state index is 0.168. The quantitative estimate of drug-likeness (QED) is 0.678. The average Bonchev–Trinajstić information content (AvgIpc) is 2.66. The summed E-state index contributed by atoms with van der Waals surface area (Å²) < 4.78 is 37.5. The molecule has 0 bridgehead atoms. The van der Waals surface area contributed by atoms with Crippen LogP contribution in [0, 0.1) is 5.82 Å². The van der Waals surface area contributed by atoms with Crippen molar-refractivity contribution >= 4 is 21.4 Å². The first-order valence-electron chi connectivity index (χ1n) is 6.96. The lowest BCUT2D eigenvalue weighted by molar-refractivity contribution is -0.128. The number of benzene rings is 1. The first-order chi connectivity index (χ1) is 9.90. The Balaban J connectivity index is 2.14. The number of halogens is 1. The Labute approximate surface area is 123 Å². The predicted molar refractivity (Wildman–Crippen MR) is 77.9 cm³/mol. The average molecular weight is 314 g/mol. The van der Waals surface area contributed by atoms with Gasteiger partial charge in [0.2, 0.25) is 5.91 Å². The second kappa shape index (κ2) is 6.43. The van der Waals surface area contributed by atoms with Gasteiger partial charge >= 0.3 is 0 Å². The molecule has 0 spiro atoms. The molecule has 0 aromatic heterocycles. The fraction of sp³-hybridized carbons (Fsp3) is 0.500. The van der Waals surface area contributed by atoms with Crippen LogP contribution in [0.4, 0.5) is 10.1 Å². The summed E-state index contributed by atoms with van der Waals surface area (Å²) in [4.78, 5) is 13.5. The largest absolute Gasteiger partial charge is 0.398 e. The van der Waals surface area contributed by atoms with Crippen LogP contribution in [-0.4, -0.2) is 38.1 Å². The molecule has 0 unspecified atom stereocenters. The molecular formula is C14H19FN2O3S. The fourth-order valence-corrected chi connectivity index (χ4v) is 3.81. The van der Waals surface area contributed by atoms with Crippen molar-refractivity contribution in [2.24, 2.45) is 0 Å². The molecule has 1 heterocycles. The highest BCUT2D eigenvalue weighted by Gasteiger charge is 2.25. The van der Waals surface area contributed by atoms with Crippen molar-refractivity contribution in [3.8, 4) is 0 Å². The number of nitrogen functional groups attached to an aromatic ring is 1. The van der Waals surface area contributed by atoms with Crippen molar-refractivity contribution in [3.63, 3.8) is 0 Å². The van der Waals surface area contributed by atoms with E-state index in [4.69, 9.17) is 5.73 Å². The van der Waals surface area contributed by atoms with Crippen molar-refractivity contribution in [1.82, 2.24) is 4.90 Å². The zero-order valence-electron chi connectivity index (χ0n) is 11.7. The summed E-state index contributed by atoms with van der Waals surface area (Å²) in [5.41, 5.74) is 5.37. The first kappa shape index (κ1) is 15.8. The summed E-state index contributed by atoms with van der Waals surface area (Å²) in [6, 6.07) is 3.08. The number of anilines is 1. The number of nitrogens with zero attached hydrogens (tertiary/aromatic N) is 1. The van der Waals surface area contributed by atoms with E-state index in [0.717, 1.165) is 43.9 Å². The number of sulfone groups is 1. The van der Waals surface area contributed by atoms with Gasteiger partial charge in [-0.15, -0.1) is 0 Å². The van der Waals surface area contributed by atoms with E-state index >= 15 is 0 Å². The minimum Gasteiger partial charge on any atom is -0.398 e. The number of carbonyl (C=O) groups is 1. The first-order valence-corrected chi connectivity index (χ1v) is 8.61. The third kappa shape index (κ3) is 3.93. The number of nitrogens with two attached hydrogens (primary N) is 1. The molecule has 0 radical (unpaired) electrons. The van der Waals surface area contributed by atoms with Crippen LogP contribution in [0.2, 0.25) is 0 Å². The molecule has 0 saturated carbocycles. The maximum atomic E-state index is 13.0. The molecule has 1 saturated heterocycles. The summed E-state index contributed by atoms with van der Waals surface area (Å²) in [5.74, 6) is -1.64. The van der Waals surface area contributed by atoms with E-state index < -0.39 is 27.3 Å². The lowest BCUT2D eigenvalue weighted by Crippen LogP contribution is -2.36. The molecule has 1 aliphatic heterocycles. The molecule has 1 aromatic carbocycles. The van der Waals surface area contributed by atoms with Crippen LogP contribution in [0.15, 0.2) is 23.1 Å². The molecule has 7 heteroatoms. The molecule has 1 fully saturated rings. The van der Waals surface area contributed by atoms with Gasteiger partial charge in [-0.2, -0.15) is 0 Å². The van der Waals surface area contributed by atoms with Gasteiger partial charge in [-0.3, -0.25) is 4.79 Å². The van der Waals surface area contributed by atoms with E-state index in [2.05, 4.69) is 0 Å². The normalized spacial score (nSPS) is 16.5. The standard InChI is InChI=1S/C14H19FN2O3S/c15-11-5-6-13(12(16)9-11)21(19,20)10-14(18)17-7-3-1-2-4-8-17/h5-6,9H,1-4,7-8,10,16H2. The monoisotopic (exact) mass is 314 g/mol. The molecule has 116 valence electrons. The van der Waals surface area contributed by atoms with Crippen LogP contribution < -0.4 is 5.73 Å². The molecule has 2 rings (SSSR count). The van der Waals surface area contributed by atoms with Crippen LogP contribution in [0.3, 0.4) is 0 Å². The van der Waals surface area contributed by atoms with E-state index in [1.54, 1.807) is 4.90 Å². The second-order valence-corrected chi connectivity index (χ2v) is 7.19. The Morgan fingerprint density at radius 2 is 1.81 bits per heavy atom. The van der Waals surface area contributed by atoms with Crippen molar-refractivity contribution in [3.05, 3.63) is 24.0 Å². The van der Waals surface area contributed by atoms with E-state index in [0.29, 0.717) is 13.1 Å². The number of hydrogen-bond donors (Lipinski definition) is 1. The highest BCUT2D eigenvalue weighted by molar-refractivity contribution is 7.92. The summed E-state index contributed by atoms with van der Waals surface area (Å²) >= 11 is 0. The van der Waals surface area contributed by atoms with E-state index in [1.807, 2.05) is 0 Å². The summed E-state index contributed by atoms with van der Waals surface area (Å²) in [6.07, 6.45) is 3.90. The summed E-state index contributed by atoms with van der Waals surface area (Å²) in [6.45, 7) is 1.18. The number of carbonyl (C=O) groups excluding carboxylic acids is 1. The topological polar surface area (TPSA) is 80.5 Å². The van der Waals surface area contributed by atoms with Gasteiger partial charge in [0.05, 0.1) is 10.6 Å². The lowest BCUT2D eigenvalue weighted by atomic mass is 10.2. The number of rotatable bonds is 3. The number of likely N-dealkylation sites (tertiary alicyclic amines) is 1. The SMILES string of the molecule is Nc1cc(F)ccc1S(=O)(=O)CC(=O)N1CCCCCC1. The highest BCUT2D eigenvalue weighted by atomic mass is 32.2. The van der Waals surface area contributed by atoms with Crippen LogP contribution in [-0.2, 0) is 14.6 Å². The maximum Gasteiger partial charge on any atom is 0.238 e. The molecule has 1 aliphatic rings. The predicted octanol–water partition coefficient (Wildman–Crippen LogP) is 1.58. The molecular weight excluding hydrogens is 295 g/mol. The third-order valence-electron chi connectivity index (χ3n) is 3.58. The number of amides is 1. The smallest absolute Gasteiger partial charge is 0.238 e. The fourth-order valence-electron chi connectivity index (χ4n) is 2.45. The molecule has 0 atom stereocenters. The van der Waals surface area contributed by atoms with Crippen molar-refractivity contribution < 1.29 is 17.6 Å². The Bertz CT molecular complexity index is 623. The van der Waals surface area contributed by atoms with Crippen molar-refractivity contribution in [1.29, 1.82) is 0 Å². The van der Waals surface area contributed by atoms with Crippen LogP contribution in [0.5, 0.6) is 0 Å². The van der Waals surface area contributed by atoms with Gasteiger partial charge in [-0.1, -0.05) is 12.8 Å². The van der Waals surface area contributed by atoms with Gasteiger partial charge in [-0.25, -0.2) is 12.8 Å². The van der Waals surface area contributed by atoms with Crippen molar-refractivity contribution in [2.75, 3.05) is 24.6 Å². The molecule has 1 amide bonds. The Kier molecular flexibility index (Phi) is 4.82. The lowest BCUT2D eigenvalue weighted by Gasteiger charge is -2.20. The number of hydrogen-bond acceptors (Lipinski definition) is 4. The minimum atomic E-state index is -3.85. The van der Waals surface area contributed by atoms with Gasteiger partial charge in [0.1, 0.15) is 11.6 Å².